The van der Waals surface area contributed by atoms with Crippen LogP contribution < -0.4 is 5.32 Å². The van der Waals surface area contributed by atoms with E-state index in [4.69, 9.17) is 4.98 Å². The maximum atomic E-state index is 4.72. The largest absolute Gasteiger partial charge is 0.314 e. The van der Waals surface area contributed by atoms with E-state index in [1.165, 1.54) is 34.7 Å². The van der Waals surface area contributed by atoms with Gasteiger partial charge < -0.3 is 5.32 Å². The number of hydrogen-bond acceptors (Lipinski definition) is 4. The van der Waals surface area contributed by atoms with Crippen LogP contribution >= 0.6 is 23.1 Å². The van der Waals surface area contributed by atoms with E-state index in [1.807, 2.05) is 23.1 Å². The van der Waals surface area contributed by atoms with Gasteiger partial charge in [-0.25, -0.2) is 4.98 Å². The number of para-hydroxylation sites is 1. The van der Waals surface area contributed by atoms with Gasteiger partial charge in [0.2, 0.25) is 0 Å². The molecule has 2 nitrogen and oxygen atoms in total. The lowest BCUT2D eigenvalue weighted by atomic mass is 10.2. The van der Waals surface area contributed by atoms with Gasteiger partial charge in [0.1, 0.15) is 0 Å². The van der Waals surface area contributed by atoms with E-state index in [0.717, 1.165) is 23.4 Å². The molecule has 1 aliphatic rings. The second-order valence-electron chi connectivity index (χ2n) is 5.15. The normalized spacial score (nSPS) is 23.2. The molecule has 1 aliphatic carbocycles. The van der Waals surface area contributed by atoms with E-state index < -0.39 is 0 Å². The van der Waals surface area contributed by atoms with Gasteiger partial charge in [0, 0.05) is 11.3 Å². The predicted molar refractivity (Wildman–Crippen MR) is 85.2 cm³/mol. The van der Waals surface area contributed by atoms with E-state index in [9.17, 15) is 0 Å². The molecule has 102 valence electrons. The molecule has 19 heavy (non-hydrogen) atoms. The lowest BCUT2D eigenvalue weighted by Gasteiger charge is -2.11. The Labute approximate surface area is 123 Å². The zero-order valence-corrected chi connectivity index (χ0v) is 12.9. The van der Waals surface area contributed by atoms with Crippen LogP contribution in [0.15, 0.2) is 28.6 Å². The number of thioether (sulfide) groups is 1. The molecule has 1 saturated carbocycles. The van der Waals surface area contributed by atoms with E-state index in [-0.39, 0.29) is 0 Å². The number of fused-ring (bicyclic) bond motifs is 1. The molecule has 0 bridgehead atoms. The molecule has 3 rings (SSSR count). The first-order valence-electron chi connectivity index (χ1n) is 7.10. The molecular formula is C15H20N2S2. The van der Waals surface area contributed by atoms with Gasteiger partial charge in [-0.15, -0.1) is 11.3 Å². The van der Waals surface area contributed by atoms with Gasteiger partial charge in [-0.05, 0) is 44.4 Å². The Bertz CT molecular complexity index is 505. The van der Waals surface area contributed by atoms with Crippen molar-refractivity contribution in [1.82, 2.24) is 10.3 Å². The first kappa shape index (κ1) is 13.4. The van der Waals surface area contributed by atoms with Gasteiger partial charge in [0.05, 0.1) is 10.2 Å². The van der Waals surface area contributed by atoms with Crippen molar-refractivity contribution in [3.63, 3.8) is 0 Å². The second kappa shape index (κ2) is 6.25. The van der Waals surface area contributed by atoms with Crippen LogP contribution in [-0.2, 0) is 0 Å². The quantitative estimate of drug-likeness (QED) is 0.889. The Morgan fingerprint density at radius 2 is 2.26 bits per heavy atom. The van der Waals surface area contributed by atoms with Crippen LogP contribution in [0.3, 0.4) is 0 Å². The molecular weight excluding hydrogens is 272 g/mol. The van der Waals surface area contributed by atoms with Gasteiger partial charge in [0.15, 0.2) is 4.34 Å². The molecule has 0 radical (unpaired) electrons. The van der Waals surface area contributed by atoms with Crippen molar-refractivity contribution in [1.29, 1.82) is 0 Å². The molecule has 2 atom stereocenters. The molecule has 0 spiro atoms. The fourth-order valence-electron chi connectivity index (χ4n) is 2.63. The van der Waals surface area contributed by atoms with Gasteiger partial charge in [-0.1, -0.05) is 30.8 Å². The molecule has 1 N–H and O–H groups in total. The van der Waals surface area contributed by atoms with Gasteiger partial charge >= 0.3 is 0 Å². The summed E-state index contributed by atoms with van der Waals surface area (Å²) >= 11 is 3.82. The Hall–Kier alpha value is -0.580. The van der Waals surface area contributed by atoms with Gasteiger partial charge in [-0.3, -0.25) is 0 Å². The predicted octanol–water partition coefficient (Wildman–Crippen LogP) is 4.31. The zero-order chi connectivity index (χ0) is 13.1. The molecule has 2 unspecified atom stereocenters. The van der Waals surface area contributed by atoms with Crippen molar-refractivity contribution >= 4 is 33.3 Å². The average Bonchev–Trinajstić information content (AvgIpc) is 3.02. The number of thiazole rings is 1. The number of benzene rings is 1. The highest BCUT2D eigenvalue weighted by atomic mass is 32.2. The summed E-state index contributed by atoms with van der Waals surface area (Å²) in [6.45, 7) is 3.39. The Morgan fingerprint density at radius 3 is 3.11 bits per heavy atom. The summed E-state index contributed by atoms with van der Waals surface area (Å²) in [5, 5.41) is 4.39. The minimum Gasteiger partial charge on any atom is -0.314 e. The highest BCUT2D eigenvalue weighted by Gasteiger charge is 2.25. The Kier molecular flexibility index (Phi) is 4.41. The van der Waals surface area contributed by atoms with Crippen LogP contribution in [0.1, 0.15) is 32.6 Å². The van der Waals surface area contributed by atoms with Crippen LogP contribution in [-0.4, -0.2) is 22.8 Å². The molecule has 4 heteroatoms. The molecule has 1 fully saturated rings. The lowest BCUT2D eigenvalue weighted by molar-refractivity contribution is 0.524. The highest BCUT2D eigenvalue weighted by Crippen LogP contribution is 2.38. The monoisotopic (exact) mass is 292 g/mol. The number of rotatable bonds is 5. The van der Waals surface area contributed by atoms with Gasteiger partial charge in [-0.2, -0.15) is 0 Å². The minimum absolute atomic E-state index is 0.729. The minimum atomic E-state index is 0.729. The third kappa shape index (κ3) is 3.30. The molecule has 1 aromatic carbocycles. The standard InChI is InChI=1S/C15H20N2S2/c1-2-9-16-11-7-8-12(10-11)18-15-17-13-5-3-4-6-14(13)19-15/h3-6,11-12,16H,2,7-10H2,1H3. The zero-order valence-electron chi connectivity index (χ0n) is 11.3. The van der Waals surface area contributed by atoms with Gasteiger partial charge in [0.25, 0.3) is 0 Å². The van der Waals surface area contributed by atoms with Crippen LogP contribution in [0, 0.1) is 0 Å². The summed E-state index contributed by atoms with van der Waals surface area (Å²) in [5.74, 6) is 0. The molecule has 0 saturated heterocycles. The molecule has 0 aliphatic heterocycles. The number of nitrogens with one attached hydrogen (secondary N) is 1. The van der Waals surface area contributed by atoms with E-state index in [1.54, 1.807) is 0 Å². The summed E-state index contributed by atoms with van der Waals surface area (Å²) < 4.78 is 2.55. The average molecular weight is 292 g/mol. The summed E-state index contributed by atoms with van der Waals surface area (Å²) in [4.78, 5) is 4.72. The Morgan fingerprint density at radius 1 is 1.37 bits per heavy atom. The third-order valence-electron chi connectivity index (χ3n) is 3.61. The van der Waals surface area contributed by atoms with Crippen molar-refractivity contribution in [2.45, 2.75) is 48.2 Å². The maximum absolute atomic E-state index is 4.72. The third-order valence-corrected chi connectivity index (χ3v) is 6.03. The maximum Gasteiger partial charge on any atom is 0.151 e. The molecule has 1 aromatic heterocycles. The lowest BCUT2D eigenvalue weighted by Crippen LogP contribution is -2.27. The molecule has 0 amide bonds. The second-order valence-corrected chi connectivity index (χ2v) is 7.73. The Balaban J connectivity index is 1.59. The topological polar surface area (TPSA) is 24.9 Å². The van der Waals surface area contributed by atoms with Crippen molar-refractivity contribution in [2.24, 2.45) is 0 Å². The van der Waals surface area contributed by atoms with E-state index >= 15 is 0 Å². The van der Waals surface area contributed by atoms with Crippen molar-refractivity contribution in [2.75, 3.05) is 6.54 Å². The van der Waals surface area contributed by atoms with Crippen molar-refractivity contribution in [3.05, 3.63) is 24.3 Å². The molecule has 2 aromatic rings. The highest BCUT2D eigenvalue weighted by molar-refractivity contribution is 8.01. The smallest absolute Gasteiger partial charge is 0.151 e. The van der Waals surface area contributed by atoms with Crippen molar-refractivity contribution in [3.8, 4) is 0 Å². The fourth-order valence-corrected chi connectivity index (χ4v) is 5.21. The summed E-state index contributed by atoms with van der Waals surface area (Å²) in [7, 11) is 0. The van der Waals surface area contributed by atoms with Crippen LogP contribution in [0.4, 0.5) is 0 Å². The SMILES string of the molecule is CCCNC1CCC(Sc2nc3ccccc3s2)C1. The van der Waals surface area contributed by atoms with Crippen LogP contribution in [0.2, 0.25) is 0 Å². The fraction of sp³-hybridized carbons (Fsp3) is 0.533. The van der Waals surface area contributed by atoms with Crippen LogP contribution in [0.25, 0.3) is 10.2 Å². The summed E-state index contributed by atoms with van der Waals surface area (Å²) in [6.07, 6.45) is 5.16. The first-order valence-corrected chi connectivity index (χ1v) is 8.80. The molecule has 1 heterocycles. The first-order chi connectivity index (χ1) is 9.35. The number of hydrogen-bond donors (Lipinski definition) is 1. The number of nitrogens with zero attached hydrogens (tertiary/aromatic N) is 1. The van der Waals surface area contributed by atoms with E-state index in [0.29, 0.717) is 0 Å². The van der Waals surface area contributed by atoms with E-state index in [2.05, 4.69) is 36.5 Å². The van der Waals surface area contributed by atoms with Crippen molar-refractivity contribution < 1.29 is 0 Å². The summed E-state index contributed by atoms with van der Waals surface area (Å²) in [6, 6.07) is 9.16. The number of aromatic nitrogens is 1. The summed E-state index contributed by atoms with van der Waals surface area (Å²) in [5.41, 5.74) is 1.15. The van der Waals surface area contributed by atoms with Crippen LogP contribution in [0.5, 0.6) is 0 Å².